The number of thiophene rings is 2. The molecular weight excluding hydrogens is 675 g/mol. The minimum absolute atomic E-state index is 0.0358. The molecule has 2 fully saturated rings. The lowest BCUT2D eigenvalue weighted by Gasteiger charge is -2.07. The number of rotatable bonds is 10. The van der Waals surface area contributed by atoms with Gasteiger partial charge in [0.25, 0.3) is 0 Å². The van der Waals surface area contributed by atoms with Gasteiger partial charge < -0.3 is 20.3 Å². The average Bonchev–Trinajstić information content (AvgIpc) is 3.80. The second-order valence-corrected chi connectivity index (χ2v) is 14.1. The highest BCUT2D eigenvalue weighted by Gasteiger charge is 2.25. The maximum atomic E-state index is 11.2. The molecule has 6 aromatic heterocycles. The molecule has 16 heteroatoms. The largest absolute Gasteiger partial charge is 0.489 e. The molecule has 2 saturated carbocycles. The van der Waals surface area contributed by atoms with E-state index in [1.54, 1.807) is 26.7 Å². The van der Waals surface area contributed by atoms with Gasteiger partial charge in [0.15, 0.2) is 23.9 Å². The van der Waals surface area contributed by atoms with Crippen LogP contribution >= 0.6 is 34.3 Å². The van der Waals surface area contributed by atoms with E-state index in [0.717, 1.165) is 69.6 Å². The number of hydrogen-bond donors (Lipinski definition) is 4. The molecule has 48 heavy (non-hydrogen) atoms. The Morgan fingerprint density at radius 1 is 0.792 bits per heavy atom. The Bertz CT molecular complexity index is 2050. The number of fused-ring (bicyclic) bond motifs is 2. The molecular formula is C32H32BClN6O6S2. The zero-order valence-electron chi connectivity index (χ0n) is 25.6. The van der Waals surface area contributed by atoms with E-state index >= 15 is 0 Å². The molecule has 2 aliphatic rings. The quantitative estimate of drug-likeness (QED) is 0.0932. The van der Waals surface area contributed by atoms with Crippen molar-refractivity contribution in [3.8, 4) is 11.3 Å². The first kappa shape index (κ1) is 34.1. The summed E-state index contributed by atoms with van der Waals surface area (Å²) in [6, 6.07) is 7.39. The highest BCUT2D eigenvalue weighted by atomic mass is 35.5. The van der Waals surface area contributed by atoms with Gasteiger partial charge in [-0.15, -0.1) is 22.7 Å². The van der Waals surface area contributed by atoms with Gasteiger partial charge in [-0.2, -0.15) is 10.2 Å². The van der Waals surface area contributed by atoms with Crippen molar-refractivity contribution in [2.75, 3.05) is 0 Å². The molecule has 0 saturated heterocycles. The third-order valence-corrected chi connectivity index (χ3v) is 10.0. The van der Waals surface area contributed by atoms with E-state index in [1.165, 1.54) is 54.6 Å². The summed E-state index contributed by atoms with van der Waals surface area (Å²) < 4.78 is 3.50. The molecule has 0 amide bonds. The maximum Gasteiger partial charge on any atom is 0.489 e. The highest BCUT2D eigenvalue weighted by Crippen LogP contribution is 2.35. The third kappa shape index (κ3) is 8.06. The smallest absolute Gasteiger partial charge is 0.423 e. The Morgan fingerprint density at radius 2 is 1.33 bits per heavy atom. The van der Waals surface area contributed by atoms with Crippen LogP contribution in [0.25, 0.3) is 22.6 Å². The Kier molecular flexibility index (Phi) is 10.8. The summed E-state index contributed by atoms with van der Waals surface area (Å²) >= 11 is 8.77. The number of aromatic nitrogens is 6. The van der Waals surface area contributed by atoms with Crippen LogP contribution in [0, 0.1) is 11.8 Å². The van der Waals surface area contributed by atoms with Crippen LogP contribution in [0.2, 0.25) is 5.15 Å². The lowest BCUT2D eigenvalue weighted by atomic mass is 9.83. The summed E-state index contributed by atoms with van der Waals surface area (Å²) in [6.45, 7) is -0.00843. The molecule has 8 rings (SSSR count). The number of halogens is 1. The van der Waals surface area contributed by atoms with Gasteiger partial charge >= 0.3 is 7.12 Å². The number of carbonyl (C=O) groups is 2. The van der Waals surface area contributed by atoms with Crippen molar-refractivity contribution in [1.29, 1.82) is 0 Å². The predicted molar refractivity (Wildman–Crippen MR) is 184 cm³/mol. The standard InChI is InChI=1S/C16H15N3O2S.C11H10ClN3O.C5H7BO3S/c20-7-12-6-17-19-13(3-10-1-2-10)5-15(18-16(12)19)11-4-14(8-21)22-9-11;12-10-4-9(3-7-1-2-7)15-11(14-10)8(6-16)5-13-15;7-2-5-1-4(3-10-5)6(8)9/h4-7,9-10,21H,1-3,8H2;4-7H,1-3H2;1,3,7-9H,2H2. The molecule has 0 bridgehead atoms. The van der Waals surface area contributed by atoms with Crippen LogP contribution in [0.15, 0.2) is 47.4 Å². The molecule has 0 aromatic carbocycles. The third-order valence-electron chi connectivity index (χ3n) is 7.99. The van der Waals surface area contributed by atoms with Gasteiger partial charge in [0.1, 0.15) is 5.15 Å². The Hall–Kier alpha value is -3.83. The molecule has 4 N–H and O–H groups in total. The van der Waals surface area contributed by atoms with Crippen molar-refractivity contribution in [3.05, 3.63) is 84.8 Å². The first-order valence-corrected chi connectivity index (χ1v) is 17.5. The van der Waals surface area contributed by atoms with Crippen molar-refractivity contribution in [1.82, 2.24) is 29.2 Å². The van der Waals surface area contributed by atoms with E-state index < -0.39 is 7.12 Å². The Labute approximate surface area is 288 Å². The van der Waals surface area contributed by atoms with Crippen LogP contribution in [0.4, 0.5) is 0 Å². The van der Waals surface area contributed by atoms with Crippen molar-refractivity contribution in [3.63, 3.8) is 0 Å². The van der Waals surface area contributed by atoms with Gasteiger partial charge in [0, 0.05) is 32.1 Å². The van der Waals surface area contributed by atoms with Crippen molar-refractivity contribution in [2.24, 2.45) is 11.8 Å². The summed E-state index contributed by atoms with van der Waals surface area (Å²) in [7, 11) is -1.42. The first-order valence-electron chi connectivity index (χ1n) is 15.3. The van der Waals surface area contributed by atoms with E-state index in [4.69, 9.17) is 26.8 Å². The van der Waals surface area contributed by atoms with Gasteiger partial charge in [-0.25, -0.2) is 19.0 Å². The van der Waals surface area contributed by atoms with Crippen LogP contribution < -0.4 is 5.46 Å². The minimum atomic E-state index is -1.42. The monoisotopic (exact) mass is 706 g/mol. The van der Waals surface area contributed by atoms with Crippen LogP contribution in [0.5, 0.6) is 0 Å². The highest BCUT2D eigenvalue weighted by molar-refractivity contribution is 7.11. The van der Waals surface area contributed by atoms with Crippen LogP contribution in [-0.4, -0.2) is 69.1 Å². The number of nitrogens with zero attached hydrogens (tertiary/aromatic N) is 6. The molecule has 0 aliphatic heterocycles. The zero-order valence-corrected chi connectivity index (χ0v) is 28.0. The molecule has 6 aromatic rings. The number of hydrogen-bond acceptors (Lipinski definition) is 12. The fourth-order valence-corrected chi connectivity index (χ4v) is 6.80. The molecule has 248 valence electrons. The summed E-state index contributed by atoms with van der Waals surface area (Å²) in [5.74, 6) is 1.46. The normalized spacial score (nSPS) is 13.9. The topological polar surface area (TPSA) is 175 Å². The van der Waals surface area contributed by atoms with E-state index in [-0.39, 0.29) is 13.2 Å². The summed E-state index contributed by atoms with van der Waals surface area (Å²) in [6.07, 6.45) is 11.6. The number of aldehydes is 2. The second-order valence-electron chi connectivity index (χ2n) is 11.7. The molecule has 0 atom stereocenters. The lowest BCUT2D eigenvalue weighted by Crippen LogP contribution is -2.27. The summed E-state index contributed by atoms with van der Waals surface area (Å²) in [5.41, 5.74) is 6.54. The first-order chi connectivity index (χ1) is 23.3. The van der Waals surface area contributed by atoms with Gasteiger partial charge in [0.2, 0.25) is 0 Å². The predicted octanol–water partition coefficient (Wildman–Crippen LogP) is 3.78. The maximum absolute atomic E-state index is 11.2. The molecule has 0 unspecified atom stereocenters. The van der Waals surface area contributed by atoms with Crippen molar-refractivity contribution in [2.45, 2.75) is 51.7 Å². The Balaban J connectivity index is 0.000000135. The fraction of sp³-hybridized carbons (Fsp3) is 0.312. The Morgan fingerprint density at radius 3 is 1.81 bits per heavy atom. The number of aliphatic hydroxyl groups excluding tert-OH is 2. The fourth-order valence-electron chi connectivity index (χ4n) is 5.11. The molecule has 6 heterocycles. The van der Waals surface area contributed by atoms with Crippen LogP contribution in [0.3, 0.4) is 0 Å². The SMILES string of the molecule is O=Cc1cnn2c(CC3CC3)cc(-c3csc(CO)c3)nc12.O=Cc1cnn2c(CC3CC3)cc(Cl)nc12.OCc1cc(B(O)O)cs1. The molecule has 2 aliphatic carbocycles. The molecule has 0 spiro atoms. The van der Waals surface area contributed by atoms with E-state index in [9.17, 15) is 14.7 Å². The molecule has 12 nitrogen and oxygen atoms in total. The van der Waals surface area contributed by atoms with Crippen LogP contribution in [-0.2, 0) is 26.1 Å². The average molecular weight is 707 g/mol. The molecule has 0 radical (unpaired) electrons. The zero-order chi connectivity index (χ0) is 33.8. The van der Waals surface area contributed by atoms with E-state index in [1.807, 2.05) is 17.5 Å². The number of carbonyl (C=O) groups excluding carboxylic acids is 2. The van der Waals surface area contributed by atoms with Gasteiger partial charge in [-0.3, -0.25) is 9.59 Å². The van der Waals surface area contributed by atoms with Crippen molar-refractivity contribution >= 4 is 70.7 Å². The van der Waals surface area contributed by atoms with Crippen LogP contribution in [0.1, 0.15) is 67.5 Å². The second kappa shape index (κ2) is 15.2. The minimum Gasteiger partial charge on any atom is -0.423 e. The van der Waals surface area contributed by atoms with E-state index in [0.29, 0.717) is 33.0 Å². The summed E-state index contributed by atoms with van der Waals surface area (Å²) in [5, 5.41) is 47.5. The lowest BCUT2D eigenvalue weighted by molar-refractivity contribution is 0.111. The van der Waals surface area contributed by atoms with Gasteiger partial charge in [0.05, 0.1) is 42.4 Å². The van der Waals surface area contributed by atoms with E-state index in [2.05, 4.69) is 26.2 Å². The van der Waals surface area contributed by atoms with Gasteiger partial charge in [-0.1, -0.05) is 11.6 Å². The van der Waals surface area contributed by atoms with Crippen molar-refractivity contribution < 1.29 is 29.9 Å². The number of aliphatic hydroxyl groups is 2. The summed E-state index contributed by atoms with van der Waals surface area (Å²) in [4.78, 5) is 32.4. The van der Waals surface area contributed by atoms with Gasteiger partial charge in [-0.05, 0) is 85.5 Å².